The lowest BCUT2D eigenvalue weighted by molar-refractivity contribution is -0.147. The quantitative estimate of drug-likeness (QED) is 0.404. The molecular formula is C25H41N3O7. The molecule has 1 N–H and O–H groups in total. The van der Waals surface area contributed by atoms with Crippen molar-refractivity contribution >= 4 is 23.9 Å². The Hall–Kier alpha value is -2.62. The summed E-state index contributed by atoms with van der Waals surface area (Å²) in [6, 6.07) is 0. The number of esters is 1. The first-order valence-corrected chi connectivity index (χ1v) is 12.3. The van der Waals surface area contributed by atoms with Crippen molar-refractivity contribution in [3.05, 3.63) is 12.2 Å². The lowest BCUT2D eigenvalue weighted by atomic mass is 9.95. The van der Waals surface area contributed by atoms with Gasteiger partial charge in [0.25, 0.3) is 0 Å². The van der Waals surface area contributed by atoms with Crippen molar-refractivity contribution < 1.29 is 33.4 Å². The number of carbonyl (C=O) groups is 4. The van der Waals surface area contributed by atoms with Crippen LogP contribution in [0.3, 0.4) is 0 Å². The summed E-state index contributed by atoms with van der Waals surface area (Å²) in [7, 11) is 2.79. The molecule has 2 aliphatic rings. The number of allylic oxidation sites excluding steroid dienone is 1. The number of ether oxygens (including phenoxy) is 3. The van der Waals surface area contributed by atoms with E-state index in [9.17, 15) is 19.2 Å². The molecule has 2 heterocycles. The molecule has 0 saturated carbocycles. The van der Waals surface area contributed by atoms with Crippen LogP contribution < -0.4 is 5.32 Å². The largest absolute Gasteiger partial charge is 0.469 e. The van der Waals surface area contributed by atoms with Gasteiger partial charge in [-0.2, -0.15) is 0 Å². The third-order valence-electron chi connectivity index (χ3n) is 6.23. The summed E-state index contributed by atoms with van der Waals surface area (Å²) >= 11 is 0. The number of nitrogens with one attached hydrogen (secondary N) is 1. The van der Waals surface area contributed by atoms with Crippen LogP contribution in [0, 0.1) is 17.8 Å². The van der Waals surface area contributed by atoms with E-state index in [1.54, 1.807) is 15.9 Å². The first kappa shape index (κ1) is 28.6. The molecule has 0 aromatic rings. The maximum absolute atomic E-state index is 12.8. The Morgan fingerprint density at radius 1 is 1.03 bits per heavy atom. The zero-order valence-electron chi connectivity index (χ0n) is 21.7. The maximum Gasteiger partial charge on any atom is 0.410 e. The van der Waals surface area contributed by atoms with Gasteiger partial charge in [0, 0.05) is 39.8 Å². The highest BCUT2D eigenvalue weighted by atomic mass is 16.6. The van der Waals surface area contributed by atoms with Gasteiger partial charge in [0.2, 0.25) is 11.8 Å². The number of hydrogen-bond acceptors (Lipinski definition) is 7. The summed E-state index contributed by atoms with van der Waals surface area (Å²) in [4.78, 5) is 52.8. The lowest BCUT2D eigenvalue weighted by Crippen LogP contribution is -2.46. The van der Waals surface area contributed by atoms with Gasteiger partial charge in [-0.3, -0.25) is 14.4 Å². The fraction of sp³-hybridized carbons (Fsp3) is 0.760. The van der Waals surface area contributed by atoms with Gasteiger partial charge in [0.05, 0.1) is 25.6 Å². The predicted octanol–water partition coefficient (Wildman–Crippen LogP) is 1.98. The first-order chi connectivity index (χ1) is 16.5. The minimum atomic E-state index is -0.569. The highest BCUT2D eigenvalue weighted by Gasteiger charge is 2.30. The monoisotopic (exact) mass is 495 g/mol. The van der Waals surface area contributed by atoms with E-state index in [2.05, 4.69) is 5.32 Å². The van der Waals surface area contributed by atoms with Crippen LogP contribution in [0.25, 0.3) is 0 Å². The Labute approximate surface area is 208 Å². The van der Waals surface area contributed by atoms with Crippen molar-refractivity contribution in [2.45, 2.75) is 52.1 Å². The second-order valence-electron chi connectivity index (χ2n) is 10.2. The molecule has 0 aliphatic carbocycles. The number of likely N-dealkylation sites (tertiary alicyclic amines) is 2. The van der Waals surface area contributed by atoms with E-state index >= 15 is 0 Å². The zero-order chi connectivity index (χ0) is 26.0. The second kappa shape index (κ2) is 13.5. The third-order valence-corrected chi connectivity index (χ3v) is 6.23. The second-order valence-corrected chi connectivity index (χ2v) is 10.2. The molecule has 10 nitrogen and oxygen atoms in total. The molecule has 0 aromatic heterocycles. The number of hydrogen-bond donors (Lipinski definition) is 1. The number of carbonyl (C=O) groups excluding carboxylic acids is 4. The molecule has 2 atom stereocenters. The Morgan fingerprint density at radius 3 is 2.31 bits per heavy atom. The molecule has 0 spiro atoms. The van der Waals surface area contributed by atoms with Gasteiger partial charge >= 0.3 is 12.1 Å². The van der Waals surface area contributed by atoms with Gasteiger partial charge in [-0.25, -0.2) is 4.79 Å². The van der Waals surface area contributed by atoms with Crippen molar-refractivity contribution in [1.82, 2.24) is 15.1 Å². The lowest BCUT2D eigenvalue weighted by Gasteiger charge is -2.33. The minimum absolute atomic E-state index is 0.108. The molecule has 2 rings (SSSR count). The SMILES string of the molecule is COC[C@H](CNC(=O)[C@@H]1CCCN(C(=O)/C=C/C2CCN(C(=O)OC(C)(C)C)CC2)C1)C(=O)OC. The maximum atomic E-state index is 12.8. The molecule has 0 unspecified atom stereocenters. The highest BCUT2D eigenvalue weighted by molar-refractivity contribution is 5.88. The molecule has 0 bridgehead atoms. The molecule has 35 heavy (non-hydrogen) atoms. The number of piperidine rings is 2. The summed E-state index contributed by atoms with van der Waals surface area (Å²) in [5, 5.41) is 2.80. The summed E-state index contributed by atoms with van der Waals surface area (Å²) in [6.45, 7) is 7.98. The Morgan fingerprint density at radius 2 is 1.71 bits per heavy atom. The zero-order valence-corrected chi connectivity index (χ0v) is 21.7. The fourth-order valence-corrected chi connectivity index (χ4v) is 4.26. The van der Waals surface area contributed by atoms with E-state index in [1.807, 2.05) is 26.8 Å². The Bertz CT molecular complexity index is 770. The smallest absolute Gasteiger partial charge is 0.410 e. The summed E-state index contributed by atoms with van der Waals surface area (Å²) < 4.78 is 15.2. The minimum Gasteiger partial charge on any atom is -0.469 e. The Balaban J connectivity index is 1.80. The number of rotatable bonds is 8. The van der Waals surface area contributed by atoms with Crippen LogP contribution in [-0.2, 0) is 28.6 Å². The van der Waals surface area contributed by atoms with Gasteiger partial charge in [-0.05, 0) is 58.4 Å². The van der Waals surface area contributed by atoms with E-state index < -0.39 is 17.5 Å². The van der Waals surface area contributed by atoms with Crippen LogP contribution in [0.5, 0.6) is 0 Å². The molecule has 2 fully saturated rings. The van der Waals surface area contributed by atoms with Gasteiger partial charge in [0.1, 0.15) is 5.60 Å². The average molecular weight is 496 g/mol. The molecular weight excluding hydrogens is 454 g/mol. The van der Waals surface area contributed by atoms with E-state index in [0.29, 0.717) is 32.6 Å². The van der Waals surface area contributed by atoms with E-state index in [0.717, 1.165) is 19.3 Å². The average Bonchev–Trinajstić information content (AvgIpc) is 2.83. The summed E-state index contributed by atoms with van der Waals surface area (Å²) in [5.74, 6) is -1.39. The Kier molecular flexibility index (Phi) is 11.0. The van der Waals surface area contributed by atoms with Gasteiger partial charge in [0.15, 0.2) is 0 Å². The molecule has 198 valence electrons. The molecule has 0 aromatic carbocycles. The van der Waals surface area contributed by atoms with Crippen molar-refractivity contribution in [1.29, 1.82) is 0 Å². The highest BCUT2D eigenvalue weighted by Crippen LogP contribution is 2.22. The number of amides is 3. The van der Waals surface area contributed by atoms with Crippen LogP contribution in [-0.4, -0.2) is 92.8 Å². The van der Waals surface area contributed by atoms with Crippen LogP contribution in [0.2, 0.25) is 0 Å². The van der Waals surface area contributed by atoms with Crippen LogP contribution in [0.1, 0.15) is 46.5 Å². The third kappa shape index (κ3) is 9.51. The van der Waals surface area contributed by atoms with Gasteiger partial charge in [-0.15, -0.1) is 0 Å². The van der Waals surface area contributed by atoms with Crippen LogP contribution in [0.15, 0.2) is 12.2 Å². The summed E-state index contributed by atoms with van der Waals surface area (Å²) in [6.07, 6.45) is 6.20. The number of nitrogens with zero attached hydrogens (tertiary/aromatic N) is 2. The molecule has 2 aliphatic heterocycles. The number of methoxy groups -OCH3 is 2. The van der Waals surface area contributed by atoms with Crippen molar-refractivity contribution in [3.63, 3.8) is 0 Å². The van der Waals surface area contributed by atoms with Crippen LogP contribution >= 0.6 is 0 Å². The summed E-state index contributed by atoms with van der Waals surface area (Å²) in [5.41, 5.74) is -0.517. The van der Waals surface area contributed by atoms with Crippen LogP contribution in [0.4, 0.5) is 4.79 Å². The molecule has 10 heteroatoms. The van der Waals surface area contributed by atoms with E-state index in [-0.39, 0.29) is 42.9 Å². The molecule has 2 saturated heterocycles. The van der Waals surface area contributed by atoms with E-state index in [1.165, 1.54) is 14.2 Å². The predicted molar refractivity (Wildman–Crippen MR) is 129 cm³/mol. The van der Waals surface area contributed by atoms with Crippen molar-refractivity contribution in [3.8, 4) is 0 Å². The topological polar surface area (TPSA) is 114 Å². The van der Waals surface area contributed by atoms with Gasteiger partial charge < -0.3 is 29.3 Å². The van der Waals surface area contributed by atoms with Crippen molar-refractivity contribution in [2.75, 3.05) is 53.6 Å². The molecule has 3 amide bonds. The standard InChI is InChI=1S/C25H41N3O7/c1-25(2,3)35-24(32)27-13-10-18(11-14-27)8-9-21(29)28-12-6-7-19(16-28)22(30)26-15-20(17-33-4)23(31)34-5/h8-9,18-20H,6-7,10-17H2,1-5H3,(H,26,30)/b9-8+/t19-,20+/m1/s1. The van der Waals surface area contributed by atoms with Crippen molar-refractivity contribution in [2.24, 2.45) is 17.8 Å². The molecule has 0 radical (unpaired) electrons. The van der Waals surface area contributed by atoms with E-state index in [4.69, 9.17) is 14.2 Å². The normalized spacial score (nSPS) is 20.4. The first-order valence-electron chi connectivity index (χ1n) is 12.3. The fourth-order valence-electron chi connectivity index (χ4n) is 4.26. The van der Waals surface area contributed by atoms with Gasteiger partial charge in [-0.1, -0.05) is 6.08 Å².